The molecule has 1 aliphatic carbocycles. The van der Waals surface area contributed by atoms with Crippen LogP contribution in [0.5, 0.6) is 0 Å². The van der Waals surface area contributed by atoms with Crippen LogP contribution in [0.4, 0.5) is 0 Å². The first-order valence-electron chi connectivity index (χ1n) is 15.9. The lowest BCUT2D eigenvalue weighted by molar-refractivity contribution is -0.127. The first-order valence-corrected chi connectivity index (χ1v) is 17.3. The Labute approximate surface area is 271 Å². The van der Waals surface area contributed by atoms with E-state index < -0.39 is 34.4 Å². The third kappa shape index (κ3) is 7.40. The lowest BCUT2D eigenvalue weighted by Crippen LogP contribution is -2.44. The van der Waals surface area contributed by atoms with E-state index in [0.29, 0.717) is 25.8 Å². The average molecular weight is 640 g/mol. The summed E-state index contributed by atoms with van der Waals surface area (Å²) >= 11 is 0. The molecule has 0 bridgehead atoms. The van der Waals surface area contributed by atoms with Gasteiger partial charge in [-0.2, -0.15) is 17.0 Å². The molecule has 4 unspecified atom stereocenters. The minimum absolute atomic E-state index is 0.0634. The molecule has 3 N–H and O–H groups in total. The molecular formula is C37H41N3O5S. The van der Waals surface area contributed by atoms with Crippen molar-refractivity contribution in [3.05, 3.63) is 143 Å². The zero-order valence-corrected chi connectivity index (χ0v) is 26.5. The van der Waals surface area contributed by atoms with Crippen molar-refractivity contribution in [2.75, 3.05) is 13.1 Å². The van der Waals surface area contributed by atoms with Gasteiger partial charge in [-0.25, -0.2) is 0 Å². The molecule has 5 atom stereocenters. The number of nitrogens with one attached hydrogen (secondary N) is 1. The van der Waals surface area contributed by atoms with Crippen molar-refractivity contribution in [2.24, 2.45) is 5.92 Å². The van der Waals surface area contributed by atoms with E-state index in [1.807, 2.05) is 115 Å². The van der Waals surface area contributed by atoms with Crippen LogP contribution >= 0.6 is 0 Å². The van der Waals surface area contributed by atoms with Gasteiger partial charge < -0.3 is 15.5 Å². The predicted octanol–water partition coefficient (Wildman–Crippen LogP) is 4.04. The van der Waals surface area contributed by atoms with Crippen molar-refractivity contribution in [1.29, 1.82) is 0 Å². The number of hydrogen-bond acceptors (Lipinski definition) is 5. The summed E-state index contributed by atoms with van der Waals surface area (Å²) in [7, 11) is -3.89. The molecule has 1 fully saturated rings. The Morgan fingerprint density at radius 1 is 0.826 bits per heavy atom. The number of aliphatic hydroxyl groups is 2. The summed E-state index contributed by atoms with van der Waals surface area (Å²) in [5.41, 5.74) is 4.74. The number of aliphatic hydroxyl groups excluding tert-OH is 2. The van der Waals surface area contributed by atoms with E-state index in [2.05, 4.69) is 5.32 Å². The molecule has 1 heterocycles. The van der Waals surface area contributed by atoms with Crippen LogP contribution in [-0.4, -0.2) is 64.5 Å². The molecule has 46 heavy (non-hydrogen) atoms. The van der Waals surface area contributed by atoms with Crippen molar-refractivity contribution >= 4 is 16.1 Å². The third-order valence-corrected chi connectivity index (χ3v) is 11.1. The fourth-order valence-corrected chi connectivity index (χ4v) is 8.65. The van der Waals surface area contributed by atoms with Crippen LogP contribution < -0.4 is 5.32 Å². The predicted molar refractivity (Wildman–Crippen MR) is 178 cm³/mol. The van der Waals surface area contributed by atoms with Gasteiger partial charge in [-0.05, 0) is 47.1 Å². The van der Waals surface area contributed by atoms with Gasteiger partial charge in [0.2, 0.25) is 5.91 Å². The summed E-state index contributed by atoms with van der Waals surface area (Å²) in [5.74, 6) is -0.921. The number of fused-ring (bicyclic) bond motifs is 1. The van der Waals surface area contributed by atoms with Gasteiger partial charge in [0.15, 0.2) is 0 Å². The van der Waals surface area contributed by atoms with Crippen LogP contribution in [0.25, 0.3) is 0 Å². The molecule has 2 aliphatic rings. The number of rotatable bonds is 12. The molecule has 240 valence electrons. The Morgan fingerprint density at radius 2 is 1.41 bits per heavy atom. The molecule has 4 aromatic rings. The number of hydrogen-bond donors (Lipinski definition) is 3. The zero-order valence-electron chi connectivity index (χ0n) is 25.7. The summed E-state index contributed by atoms with van der Waals surface area (Å²) in [5, 5.41) is 25.4. The highest BCUT2D eigenvalue weighted by Gasteiger charge is 2.45. The van der Waals surface area contributed by atoms with Gasteiger partial charge in [0.25, 0.3) is 10.2 Å². The Morgan fingerprint density at radius 3 is 2.09 bits per heavy atom. The summed E-state index contributed by atoms with van der Waals surface area (Å²) < 4.78 is 30.8. The highest BCUT2D eigenvalue weighted by molar-refractivity contribution is 7.87. The first kappa shape index (κ1) is 32.1. The minimum atomic E-state index is -3.89. The fourth-order valence-electron chi connectivity index (χ4n) is 6.80. The summed E-state index contributed by atoms with van der Waals surface area (Å²) in [6.07, 6.45) is -0.437. The quantitative estimate of drug-likeness (QED) is 0.217. The smallest absolute Gasteiger partial charge is 0.282 e. The topological polar surface area (TPSA) is 110 Å². The second kappa shape index (κ2) is 14.3. The van der Waals surface area contributed by atoms with Gasteiger partial charge in [0.05, 0.1) is 18.2 Å². The maximum Gasteiger partial charge on any atom is 0.282 e. The molecule has 6 rings (SSSR count). The highest BCUT2D eigenvalue weighted by Crippen LogP contribution is 2.32. The van der Waals surface area contributed by atoms with Crippen molar-refractivity contribution in [1.82, 2.24) is 13.9 Å². The number of carbonyl (C=O) groups is 1. The van der Waals surface area contributed by atoms with Crippen LogP contribution in [0.15, 0.2) is 115 Å². The summed E-state index contributed by atoms with van der Waals surface area (Å²) in [6.45, 7) is 0.412. The van der Waals surface area contributed by atoms with E-state index in [4.69, 9.17) is 0 Å². The lowest BCUT2D eigenvalue weighted by Gasteiger charge is -2.28. The standard InChI is InChI=1S/C37H41N3O5S/c41-33(22-31(20-27-12-4-1-5-13-27)37(43)38-36-34-19-11-10-18-30(34)23-35(36)42)26-40-32(21-28-14-6-2-7-15-28)25-39(46(40,44)45)24-29-16-8-3-9-17-29/h1-19,31-33,35-36,41-42H,20-26H2,(H,38,43)/t31?,32-,33?,35?,36?/m0/s1. The summed E-state index contributed by atoms with van der Waals surface area (Å²) in [6, 6.07) is 35.6. The molecule has 1 aliphatic heterocycles. The number of carbonyl (C=O) groups excluding carboxylic acids is 1. The maximum absolute atomic E-state index is 14.0. The van der Waals surface area contributed by atoms with Gasteiger partial charge in [-0.15, -0.1) is 0 Å². The molecule has 1 saturated heterocycles. The number of amides is 1. The van der Waals surface area contributed by atoms with Crippen LogP contribution in [0.1, 0.15) is 40.3 Å². The highest BCUT2D eigenvalue weighted by atomic mass is 32.2. The van der Waals surface area contributed by atoms with Gasteiger partial charge in [-0.1, -0.05) is 115 Å². The van der Waals surface area contributed by atoms with Gasteiger partial charge in [-0.3, -0.25) is 4.79 Å². The van der Waals surface area contributed by atoms with Gasteiger partial charge in [0, 0.05) is 38.0 Å². The van der Waals surface area contributed by atoms with Crippen LogP contribution in [0.2, 0.25) is 0 Å². The maximum atomic E-state index is 14.0. The summed E-state index contributed by atoms with van der Waals surface area (Å²) in [4.78, 5) is 13.8. The van der Waals surface area contributed by atoms with Crippen LogP contribution in [0.3, 0.4) is 0 Å². The van der Waals surface area contributed by atoms with Crippen molar-refractivity contribution in [2.45, 2.75) is 56.5 Å². The monoisotopic (exact) mass is 639 g/mol. The minimum Gasteiger partial charge on any atom is -0.392 e. The van der Waals surface area contributed by atoms with Crippen LogP contribution in [0, 0.1) is 5.92 Å². The van der Waals surface area contributed by atoms with E-state index >= 15 is 0 Å². The van der Waals surface area contributed by atoms with Crippen molar-refractivity contribution < 1.29 is 23.4 Å². The molecule has 1 amide bonds. The Bertz CT molecular complexity index is 1710. The molecule has 0 aromatic heterocycles. The SMILES string of the molecule is O=C(NC1c2ccccc2CC1O)C(Cc1ccccc1)CC(O)CN1[C@@H](Cc2ccccc2)CN(Cc2ccccc2)S1(=O)=O. The number of β-amino-alcohol motifs (C(OH)–C–C–N with tert-alkyl or cyclic N) is 1. The van der Waals surface area contributed by atoms with Crippen molar-refractivity contribution in [3.63, 3.8) is 0 Å². The molecule has 0 radical (unpaired) electrons. The van der Waals surface area contributed by atoms with E-state index in [-0.39, 0.29) is 31.5 Å². The average Bonchev–Trinajstić information content (AvgIpc) is 3.49. The third-order valence-electron chi connectivity index (χ3n) is 9.10. The normalized spacial score (nSPS) is 22.3. The molecular weight excluding hydrogens is 598 g/mol. The number of benzene rings is 4. The fraction of sp³-hybridized carbons (Fsp3) is 0.324. The lowest BCUT2D eigenvalue weighted by atomic mass is 9.92. The second-order valence-electron chi connectivity index (χ2n) is 12.4. The van der Waals surface area contributed by atoms with E-state index in [9.17, 15) is 23.4 Å². The molecule has 8 nitrogen and oxygen atoms in total. The van der Waals surface area contributed by atoms with Crippen LogP contribution in [-0.2, 0) is 40.8 Å². The van der Waals surface area contributed by atoms with E-state index in [1.165, 1.54) is 8.61 Å². The van der Waals surface area contributed by atoms with Gasteiger partial charge in [0.1, 0.15) is 0 Å². The zero-order chi connectivity index (χ0) is 32.1. The molecule has 0 spiro atoms. The molecule has 0 saturated carbocycles. The van der Waals surface area contributed by atoms with E-state index in [0.717, 1.165) is 27.8 Å². The number of nitrogens with zero attached hydrogens (tertiary/aromatic N) is 2. The molecule has 4 aromatic carbocycles. The largest absolute Gasteiger partial charge is 0.392 e. The Balaban J connectivity index is 1.21. The Hall–Kier alpha value is -3.86. The van der Waals surface area contributed by atoms with E-state index in [1.54, 1.807) is 0 Å². The van der Waals surface area contributed by atoms with Crippen molar-refractivity contribution in [3.8, 4) is 0 Å². The second-order valence-corrected chi connectivity index (χ2v) is 14.3. The molecule has 9 heteroatoms. The Kier molecular flexibility index (Phi) is 9.96. The first-order chi connectivity index (χ1) is 22.3. The van der Waals surface area contributed by atoms with Gasteiger partial charge >= 0.3 is 0 Å².